The summed E-state index contributed by atoms with van der Waals surface area (Å²) in [7, 11) is 0. The summed E-state index contributed by atoms with van der Waals surface area (Å²) in [5.74, 6) is 0.550. The summed E-state index contributed by atoms with van der Waals surface area (Å²) in [4.78, 5) is 0. The third-order valence-electron chi connectivity index (χ3n) is 3.52. The maximum atomic E-state index is 13.1. The quantitative estimate of drug-likeness (QED) is 0.938. The summed E-state index contributed by atoms with van der Waals surface area (Å²) in [6, 6.07) is 14.3. The molecule has 0 spiro atoms. The predicted octanol–water partition coefficient (Wildman–Crippen LogP) is 2.79. The second-order valence-electron chi connectivity index (χ2n) is 5.14. The van der Waals surface area contributed by atoms with Crippen molar-refractivity contribution in [2.75, 3.05) is 6.54 Å². The van der Waals surface area contributed by atoms with Crippen LogP contribution < -0.4 is 10.1 Å². The Morgan fingerprint density at radius 3 is 3.05 bits per heavy atom. The van der Waals surface area contributed by atoms with E-state index < -0.39 is 0 Å². The van der Waals surface area contributed by atoms with Gasteiger partial charge in [-0.25, -0.2) is 4.39 Å². The lowest BCUT2D eigenvalue weighted by Gasteiger charge is -2.12. The predicted molar refractivity (Wildman–Crippen MR) is 77.4 cm³/mol. The lowest BCUT2D eigenvalue weighted by molar-refractivity contribution is 0.227. The lowest BCUT2D eigenvalue weighted by Crippen LogP contribution is -2.29. The molecule has 0 saturated carbocycles. The highest BCUT2D eigenvalue weighted by molar-refractivity contribution is 5.38. The molecule has 1 aliphatic heterocycles. The zero-order valence-electron chi connectivity index (χ0n) is 11.5. The van der Waals surface area contributed by atoms with Crippen molar-refractivity contribution in [3.8, 4) is 11.8 Å². The second kappa shape index (κ2) is 5.94. The zero-order valence-corrected chi connectivity index (χ0v) is 11.5. The Hall–Kier alpha value is -2.38. The van der Waals surface area contributed by atoms with E-state index in [1.165, 1.54) is 12.1 Å². The molecule has 1 aliphatic rings. The third-order valence-corrected chi connectivity index (χ3v) is 3.52. The van der Waals surface area contributed by atoms with Crippen LogP contribution in [0.3, 0.4) is 0 Å². The first-order valence-electron chi connectivity index (χ1n) is 6.89. The van der Waals surface area contributed by atoms with Crippen LogP contribution in [0.1, 0.15) is 16.7 Å². The van der Waals surface area contributed by atoms with Gasteiger partial charge in [-0.1, -0.05) is 12.1 Å². The molecule has 0 aliphatic carbocycles. The first-order valence-corrected chi connectivity index (χ1v) is 6.89. The molecule has 1 heterocycles. The minimum Gasteiger partial charge on any atom is -0.488 e. The van der Waals surface area contributed by atoms with Gasteiger partial charge in [0.05, 0.1) is 11.6 Å². The van der Waals surface area contributed by atoms with E-state index in [1.54, 1.807) is 12.1 Å². The van der Waals surface area contributed by atoms with Gasteiger partial charge in [0.15, 0.2) is 0 Å². The number of benzene rings is 2. The summed E-state index contributed by atoms with van der Waals surface area (Å²) in [6.45, 7) is 1.37. The number of nitriles is 1. The van der Waals surface area contributed by atoms with Crippen LogP contribution in [0.2, 0.25) is 0 Å². The van der Waals surface area contributed by atoms with Gasteiger partial charge in [0.25, 0.3) is 0 Å². The first-order chi connectivity index (χ1) is 10.2. The molecular weight excluding hydrogens is 267 g/mol. The van der Waals surface area contributed by atoms with Crippen molar-refractivity contribution in [3.63, 3.8) is 0 Å². The smallest absolute Gasteiger partial charge is 0.123 e. The fraction of sp³-hybridized carbons (Fsp3) is 0.235. The van der Waals surface area contributed by atoms with E-state index in [0.717, 1.165) is 23.3 Å². The molecule has 0 bridgehead atoms. The Morgan fingerprint density at radius 1 is 1.29 bits per heavy atom. The molecule has 0 fully saturated rings. The lowest BCUT2D eigenvalue weighted by atomic mass is 10.1. The van der Waals surface area contributed by atoms with Gasteiger partial charge in [0.2, 0.25) is 0 Å². The summed E-state index contributed by atoms with van der Waals surface area (Å²) < 4.78 is 18.9. The Labute approximate surface area is 123 Å². The molecule has 0 radical (unpaired) electrons. The molecule has 3 nitrogen and oxygen atoms in total. The van der Waals surface area contributed by atoms with E-state index in [1.807, 2.05) is 18.2 Å². The van der Waals surface area contributed by atoms with Crippen molar-refractivity contribution < 1.29 is 9.13 Å². The van der Waals surface area contributed by atoms with Crippen LogP contribution in [0.5, 0.6) is 5.75 Å². The third kappa shape index (κ3) is 3.21. The van der Waals surface area contributed by atoms with Gasteiger partial charge in [0, 0.05) is 25.1 Å². The summed E-state index contributed by atoms with van der Waals surface area (Å²) in [6.07, 6.45) is 0.749. The van der Waals surface area contributed by atoms with E-state index in [-0.39, 0.29) is 11.9 Å². The van der Waals surface area contributed by atoms with Gasteiger partial charge in [-0.15, -0.1) is 0 Å². The van der Waals surface area contributed by atoms with Gasteiger partial charge in [-0.05, 0) is 35.9 Å². The molecule has 2 aromatic rings. The maximum absolute atomic E-state index is 13.1. The molecule has 2 aromatic carbocycles. The highest BCUT2D eigenvalue weighted by Gasteiger charge is 2.22. The Morgan fingerprint density at radius 2 is 2.19 bits per heavy atom. The van der Waals surface area contributed by atoms with E-state index in [9.17, 15) is 4.39 Å². The van der Waals surface area contributed by atoms with Crippen LogP contribution in [0.4, 0.5) is 4.39 Å². The second-order valence-corrected chi connectivity index (χ2v) is 5.14. The molecule has 21 heavy (non-hydrogen) atoms. The average molecular weight is 282 g/mol. The summed E-state index contributed by atoms with van der Waals surface area (Å²) in [5.41, 5.74) is 2.65. The Kier molecular flexibility index (Phi) is 3.85. The van der Waals surface area contributed by atoms with Crippen molar-refractivity contribution in [1.29, 1.82) is 5.26 Å². The molecule has 0 amide bonds. The number of nitrogens with one attached hydrogen (secondary N) is 1. The van der Waals surface area contributed by atoms with Crippen LogP contribution >= 0.6 is 0 Å². The van der Waals surface area contributed by atoms with Gasteiger partial charge < -0.3 is 10.1 Å². The van der Waals surface area contributed by atoms with E-state index in [2.05, 4.69) is 11.4 Å². The number of rotatable bonds is 4. The van der Waals surface area contributed by atoms with Crippen LogP contribution in [-0.2, 0) is 13.0 Å². The number of ether oxygens (including phenoxy) is 1. The molecular formula is C17H15FN2O. The van der Waals surface area contributed by atoms with Crippen molar-refractivity contribution in [3.05, 3.63) is 65.0 Å². The molecule has 4 heteroatoms. The maximum Gasteiger partial charge on any atom is 0.123 e. The van der Waals surface area contributed by atoms with Crippen molar-refractivity contribution >= 4 is 0 Å². The Bertz CT molecular complexity index is 693. The summed E-state index contributed by atoms with van der Waals surface area (Å²) in [5, 5.41) is 12.2. The zero-order chi connectivity index (χ0) is 14.7. The van der Waals surface area contributed by atoms with Crippen LogP contribution in [0.25, 0.3) is 0 Å². The minimum absolute atomic E-state index is 0.0287. The van der Waals surface area contributed by atoms with E-state index in [4.69, 9.17) is 10.00 Å². The number of hydrogen-bond donors (Lipinski definition) is 1. The average Bonchev–Trinajstić information content (AvgIpc) is 2.89. The van der Waals surface area contributed by atoms with Crippen molar-refractivity contribution in [2.45, 2.75) is 19.1 Å². The number of nitrogens with zero attached hydrogens (tertiary/aromatic N) is 1. The standard InChI is InChI=1S/C17H15FN2O/c18-15-4-5-17-14(7-15)8-16(21-17)11-20-10-13-3-1-2-12(6-13)9-19/h1-7,16,20H,8,10-11H2. The number of hydrogen-bond acceptors (Lipinski definition) is 3. The normalized spacial score (nSPS) is 16.1. The monoisotopic (exact) mass is 282 g/mol. The molecule has 106 valence electrons. The van der Waals surface area contributed by atoms with Crippen LogP contribution in [0.15, 0.2) is 42.5 Å². The molecule has 0 saturated heterocycles. The van der Waals surface area contributed by atoms with Crippen LogP contribution in [-0.4, -0.2) is 12.6 Å². The number of halogens is 1. The summed E-state index contributed by atoms with van der Waals surface area (Å²) >= 11 is 0. The van der Waals surface area contributed by atoms with E-state index in [0.29, 0.717) is 18.7 Å². The number of fused-ring (bicyclic) bond motifs is 1. The van der Waals surface area contributed by atoms with E-state index >= 15 is 0 Å². The fourth-order valence-corrected chi connectivity index (χ4v) is 2.53. The molecule has 1 atom stereocenters. The van der Waals surface area contributed by atoms with Crippen molar-refractivity contribution in [2.24, 2.45) is 0 Å². The fourth-order valence-electron chi connectivity index (χ4n) is 2.53. The topological polar surface area (TPSA) is 45.0 Å². The van der Waals surface area contributed by atoms with Gasteiger partial charge >= 0.3 is 0 Å². The highest BCUT2D eigenvalue weighted by Crippen LogP contribution is 2.28. The minimum atomic E-state index is -0.223. The largest absolute Gasteiger partial charge is 0.488 e. The van der Waals surface area contributed by atoms with Gasteiger partial charge in [-0.2, -0.15) is 5.26 Å². The Balaban J connectivity index is 1.52. The van der Waals surface area contributed by atoms with Gasteiger partial charge in [0.1, 0.15) is 17.7 Å². The highest BCUT2D eigenvalue weighted by atomic mass is 19.1. The SMILES string of the molecule is N#Cc1cccc(CNCC2Cc3cc(F)ccc3O2)c1. The van der Waals surface area contributed by atoms with Gasteiger partial charge in [-0.3, -0.25) is 0 Å². The molecule has 1 unspecified atom stereocenters. The first kappa shape index (κ1) is 13.6. The van der Waals surface area contributed by atoms with Crippen LogP contribution in [0, 0.1) is 17.1 Å². The molecule has 3 rings (SSSR count). The molecule has 0 aromatic heterocycles. The van der Waals surface area contributed by atoms with Crippen molar-refractivity contribution in [1.82, 2.24) is 5.32 Å². The molecule has 1 N–H and O–H groups in total.